The number of amides is 1. The first kappa shape index (κ1) is 25.9. The van der Waals surface area contributed by atoms with Crippen molar-refractivity contribution in [3.63, 3.8) is 0 Å². The molecule has 1 N–H and O–H groups in total. The summed E-state index contributed by atoms with van der Waals surface area (Å²) in [5, 5.41) is 21.5. The molecular formula is C27H26F3N9O. The molecule has 4 aromatic rings. The zero-order valence-corrected chi connectivity index (χ0v) is 21.5. The SMILES string of the molecule is N#CCC1(n2cc(-c3cccc4nc(NC(=O)C5CC5)nn34)cn2)CCN(Cc2ccncc2C(F)(F)F)CC1. The molecule has 1 amide bonds. The Morgan fingerprint density at radius 1 is 1.18 bits per heavy atom. The van der Waals surface area contributed by atoms with Crippen molar-refractivity contribution in [1.82, 2.24) is 34.3 Å². The van der Waals surface area contributed by atoms with E-state index in [-0.39, 0.29) is 36.3 Å². The monoisotopic (exact) mass is 549 g/mol. The molecule has 1 saturated heterocycles. The van der Waals surface area contributed by atoms with Crippen molar-refractivity contribution >= 4 is 17.5 Å². The molecule has 10 nitrogen and oxygen atoms in total. The van der Waals surface area contributed by atoms with E-state index in [1.54, 1.807) is 16.8 Å². The Morgan fingerprint density at radius 2 is 1.98 bits per heavy atom. The summed E-state index contributed by atoms with van der Waals surface area (Å²) in [6.07, 6.45) is 4.44. The van der Waals surface area contributed by atoms with Gasteiger partial charge in [0.15, 0.2) is 5.65 Å². The van der Waals surface area contributed by atoms with E-state index in [1.165, 1.54) is 12.3 Å². The lowest BCUT2D eigenvalue weighted by Crippen LogP contribution is -2.46. The standard InChI is InChI=1S/C27H26F3N9O/c28-27(29,30)21-15-32-11-6-19(21)16-37-12-8-26(7-10-31,9-13-37)38-17-20(14-33-38)22-2-1-3-23-34-25(36-39(22)23)35-24(40)18-4-5-18/h1-3,6,11,14-15,17-18H,4-5,7-9,12-13,16H2,(H,35,36,40). The molecule has 5 heterocycles. The van der Waals surface area contributed by atoms with Crippen LogP contribution in [-0.4, -0.2) is 53.3 Å². The number of likely N-dealkylation sites (tertiary alicyclic amines) is 1. The summed E-state index contributed by atoms with van der Waals surface area (Å²) in [5.41, 5.74) is 0.940. The van der Waals surface area contributed by atoms with Gasteiger partial charge in [-0.2, -0.15) is 28.5 Å². The van der Waals surface area contributed by atoms with Crippen molar-refractivity contribution in [2.24, 2.45) is 5.92 Å². The molecular weight excluding hydrogens is 523 g/mol. The Bertz CT molecular complexity index is 1590. The van der Waals surface area contributed by atoms with E-state index < -0.39 is 17.3 Å². The van der Waals surface area contributed by atoms with Gasteiger partial charge in [0.25, 0.3) is 0 Å². The first-order chi connectivity index (χ1) is 19.3. The van der Waals surface area contributed by atoms with Gasteiger partial charge in [0.2, 0.25) is 11.9 Å². The molecule has 0 aromatic carbocycles. The highest BCUT2D eigenvalue weighted by Gasteiger charge is 2.39. The average Bonchev–Trinajstić information content (AvgIpc) is 3.52. The Kier molecular flexibility index (Phi) is 6.50. The number of hydrogen-bond acceptors (Lipinski definition) is 7. The van der Waals surface area contributed by atoms with Gasteiger partial charge in [-0.15, -0.1) is 5.10 Å². The number of pyridine rings is 2. The average molecular weight is 550 g/mol. The summed E-state index contributed by atoms with van der Waals surface area (Å²) >= 11 is 0. The number of nitriles is 1. The molecule has 0 bridgehead atoms. The minimum absolute atomic E-state index is 0.0310. The molecule has 0 radical (unpaired) electrons. The van der Waals surface area contributed by atoms with Crippen molar-refractivity contribution in [2.45, 2.75) is 50.4 Å². The number of rotatable bonds is 7. The van der Waals surface area contributed by atoms with Crippen LogP contribution in [0.5, 0.6) is 0 Å². The number of halogens is 3. The second-order valence-corrected chi connectivity index (χ2v) is 10.4. The molecule has 13 heteroatoms. The van der Waals surface area contributed by atoms with Gasteiger partial charge in [0, 0.05) is 49.7 Å². The minimum atomic E-state index is -4.47. The Balaban J connectivity index is 1.21. The smallest absolute Gasteiger partial charge is 0.299 e. The van der Waals surface area contributed by atoms with E-state index in [0.29, 0.717) is 31.6 Å². The maximum Gasteiger partial charge on any atom is 0.418 e. The summed E-state index contributed by atoms with van der Waals surface area (Å²) in [6, 6.07) is 9.21. The van der Waals surface area contributed by atoms with Gasteiger partial charge in [-0.05, 0) is 49.4 Å². The minimum Gasteiger partial charge on any atom is -0.299 e. The number of anilines is 1. The highest BCUT2D eigenvalue weighted by atomic mass is 19.4. The third-order valence-electron chi connectivity index (χ3n) is 7.71. The normalized spacial score (nSPS) is 17.6. The molecule has 0 spiro atoms. The van der Waals surface area contributed by atoms with Crippen LogP contribution < -0.4 is 5.32 Å². The summed E-state index contributed by atoms with van der Waals surface area (Å²) in [6.45, 7) is 1.18. The highest BCUT2D eigenvalue weighted by molar-refractivity contribution is 5.92. The zero-order chi connectivity index (χ0) is 27.9. The predicted octanol–water partition coefficient (Wildman–Crippen LogP) is 4.26. The molecule has 1 saturated carbocycles. The first-order valence-corrected chi connectivity index (χ1v) is 13.1. The number of nitrogens with zero attached hydrogens (tertiary/aromatic N) is 8. The number of nitrogens with one attached hydrogen (secondary N) is 1. The van der Waals surface area contributed by atoms with Gasteiger partial charge in [0.05, 0.1) is 35.5 Å². The zero-order valence-electron chi connectivity index (χ0n) is 21.5. The number of aromatic nitrogens is 6. The summed E-state index contributed by atoms with van der Waals surface area (Å²) < 4.78 is 43.8. The van der Waals surface area contributed by atoms with E-state index >= 15 is 0 Å². The summed E-state index contributed by atoms with van der Waals surface area (Å²) in [5.74, 6) is 0.199. The number of hydrogen-bond donors (Lipinski definition) is 1. The van der Waals surface area contributed by atoms with Crippen LogP contribution in [0.25, 0.3) is 16.9 Å². The number of alkyl halides is 3. The molecule has 206 valence electrons. The maximum atomic E-state index is 13.4. The van der Waals surface area contributed by atoms with Crippen molar-refractivity contribution in [2.75, 3.05) is 18.4 Å². The number of piperidine rings is 1. The maximum absolute atomic E-state index is 13.4. The van der Waals surface area contributed by atoms with Gasteiger partial charge in [-0.3, -0.25) is 24.7 Å². The van der Waals surface area contributed by atoms with Crippen LogP contribution in [0, 0.1) is 17.2 Å². The molecule has 0 atom stereocenters. The third-order valence-corrected chi connectivity index (χ3v) is 7.71. The number of carbonyl (C=O) groups excluding carboxylic acids is 1. The Labute approximate surface area is 227 Å². The third kappa shape index (κ3) is 5.02. The molecule has 0 unspecified atom stereocenters. The fraction of sp³-hybridized carbons (Fsp3) is 0.407. The summed E-state index contributed by atoms with van der Waals surface area (Å²) in [7, 11) is 0. The van der Waals surface area contributed by atoms with Crippen molar-refractivity contribution in [3.8, 4) is 17.3 Å². The Morgan fingerprint density at radius 3 is 2.70 bits per heavy atom. The van der Waals surface area contributed by atoms with Crippen molar-refractivity contribution in [1.29, 1.82) is 5.26 Å². The van der Waals surface area contributed by atoms with Crippen molar-refractivity contribution in [3.05, 3.63) is 60.2 Å². The van der Waals surface area contributed by atoms with Gasteiger partial charge < -0.3 is 0 Å². The second kappa shape index (κ2) is 10.0. The lowest BCUT2D eigenvalue weighted by Gasteiger charge is -2.41. The van der Waals surface area contributed by atoms with E-state index in [4.69, 9.17) is 0 Å². The van der Waals surface area contributed by atoms with Crippen LogP contribution in [0.1, 0.15) is 43.2 Å². The van der Waals surface area contributed by atoms with Crippen LogP contribution in [0.2, 0.25) is 0 Å². The van der Waals surface area contributed by atoms with Crippen molar-refractivity contribution < 1.29 is 18.0 Å². The van der Waals surface area contributed by atoms with E-state index in [1.807, 2.05) is 27.9 Å². The molecule has 40 heavy (non-hydrogen) atoms. The lowest BCUT2D eigenvalue weighted by atomic mass is 9.84. The fourth-order valence-corrected chi connectivity index (χ4v) is 5.27. The van der Waals surface area contributed by atoms with Crippen LogP contribution >= 0.6 is 0 Å². The van der Waals surface area contributed by atoms with Crippen LogP contribution in [0.15, 0.2) is 49.1 Å². The molecule has 4 aromatic heterocycles. The van der Waals surface area contributed by atoms with E-state index in [0.717, 1.165) is 30.3 Å². The second-order valence-electron chi connectivity index (χ2n) is 10.4. The molecule has 6 rings (SSSR count). The van der Waals surface area contributed by atoms with Crippen LogP contribution in [0.3, 0.4) is 0 Å². The van der Waals surface area contributed by atoms with Gasteiger partial charge in [-0.1, -0.05) is 6.07 Å². The topological polar surface area (TPSA) is 117 Å². The quantitative estimate of drug-likeness (QED) is 0.366. The van der Waals surface area contributed by atoms with E-state index in [2.05, 4.69) is 31.6 Å². The van der Waals surface area contributed by atoms with E-state index in [9.17, 15) is 23.2 Å². The highest BCUT2D eigenvalue weighted by Crippen LogP contribution is 2.37. The number of carbonyl (C=O) groups is 1. The van der Waals surface area contributed by atoms with Crippen LogP contribution in [-0.2, 0) is 23.1 Å². The van der Waals surface area contributed by atoms with Gasteiger partial charge in [0.1, 0.15) is 0 Å². The fourth-order valence-electron chi connectivity index (χ4n) is 5.27. The predicted molar refractivity (Wildman–Crippen MR) is 138 cm³/mol. The number of fused-ring (bicyclic) bond motifs is 1. The molecule has 1 aliphatic carbocycles. The summed E-state index contributed by atoms with van der Waals surface area (Å²) in [4.78, 5) is 22.2. The first-order valence-electron chi connectivity index (χ1n) is 13.1. The molecule has 2 aliphatic rings. The largest absolute Gasteiger partial charge is 0.418 e. The van der Waals surface area contributed by atoms with Gasteiger partial charge >= 0.3 is 6.18 Å². The van der Waals surface area contributed by atoms with Crippen LogP contribution in [0.4, 0.5) is 19.1 Å². The lowest BCUT2D eigenvalue weighted by molar-refractivity contribution is -0.138. The Hall–Kier alpha value is -4.31. The molecule has 1 aliphatic heterocycles. The molecule has 2 fully saturated rings. The van der Waals surface area contributed by atoms with Gasteiger partial charge in [-0.25, -0.2) is 4.52 Å².